The molecule has 1 saturated carbocycles. The average molecular weight is 218 g/mol. The molecule has 16 heavy (non-hydrogen) atoms. The van der Waals surface area contributed by atoms with E-state index in [9.17, 15) is 4.79 Å². The number of anilines is 1. The Balaban J connectivity index is 2.07. The van der Waals surface area contributed by atoms with Crippen molar-refractivity contribution in [2.45, 2.75) is 32.7 Å². The summed E-state index contributed by atoms with van der Waals surface area (Å²) in [5.74, 6) is 0.690. The van der Waals surface area contributed by atoms with Crippen LogP contribution in [-0.2, 0) is 0 Å². The Labute approximate surface area is 96.0 Å². The fourth-order valence-corrected chi connectivity index (χ4v) is 1.94. The lowest BCUT2D eigenvalue weighted by atomic mass is 10.1. The SMILES string of the molecule is Cc1cc(N)ccc1C(=O)NC(C)C1CC1. The van der Waals surface area contributed by atoms with Gasteiger partial charge in [0.2, 0.25) is 0 Å². The van der Waals surface area contributed by atoms with Crippen molar-refractivity contribution in [1.29, 1.82) is 0 Å². The molecule has 3 heteroatoms. The number of nitrogen functional groups attached to an aromatic ring is 1. The average Bonchev–Trinajstić information content (AvgIpc) is 2.99. The van der Waals surface area contributed by atoms with Gasteiger partial charge in [-0.1, -0.05) is 0 Å². The fraction of sp³-hybridized carbons (Fsp3) is 0.462. The molecule has 3 N–H and O–H groups in total. The topological polar surface area (TPSA) is 55.1 Å². The van der Waals surface area contributed by atoms with E-state index in [1.807, 2.05) is 13.0 Å². The molecule has 1 aromatic carbocycles. The molecular weight excluding hydrogens is 200 g/mol. The van der Waals surface area contributed by atoms with Crippen LogP contribution in [0.4, 0.5) is 5.69 Å². The molecule has 0 heterocycles. The summed E-state index contributed by atoms with van der Waals surface area (Å²) in [5.41, 5.74) is 8.01. The van der Waals surface area contributed by atoms with Crippen LogP contribution < -0.4 is 11.1 Å². The van der Waals surface area contributed by atoms with E-state index >= 15 is 0 Å². The van der Waals surface area contributed by atoms with E-state index in [1.165, 1.54) is 12.8 Å². The second kappa shape index (κ2) is 4.16. The molecule has 0 radical (unpaired) electrons. The molecule has 3 nitrogen and oxygen atoms in total. The molecule has 0 saturated heterocycles. The smallest absolute Gasteiger partial charge is 0.251 e. The van der Waals surface area contributed by atoms with Gasteiger partial charge in [-0.2, -0.15) is 0 Å². The highest BCUT2D eigenvalue weighted by Gasteiger charge is 2.29. The van der Waals surface area contributed by atoms with Crippen LogP contribution in [-0.4, -0.2) is 11.9 Å². The first-order valence-electron chi connectivity index (χ1n) is 5.75. The van der Waals surface area contributed by atoms with Crippen molar-refractivity contribution in [2.75, 3.05) is 5.73 Å². The Bertz CT molecular complexity index is 410. The number of carbonyl (C=O) groups is 1. The maximum absolute atomic E-state index is 12.0. The lowest BCUT2D eigenvalue weighted by molar-refractivity contribution is 0.0935. The van der Waals surface area contributed by atoms with Crippen LogP contribution in [0.2, 0.25) is 0 Å². The van der Waals surface area contributed by atoms with Crippen LogP contribution in [0.5, 0.6) is 0 Å². The van der Waals surface area contributed by atoms with Crippen LogP contribution in [0.3, 0.4) is 0 Å². The van der Waals surface area contributed by atoms with E-state index in [1.54, 1.807) is 12.1 Å². The summed E-state index contributed by atoms with van der Waals surface area (Å²) in [6.07, 6.45) is 2.48. The highest BCUT2D eigenvalue weighted by atomic mass is 16.1. The zero-order chi connectivity index (χ0) is 11.7. The molecule has 1 amide bonds. The minimum absolute atomic E-state index is 0.0110. The summed E-state index contributed by atoms with van der Waals surface area (Å²) < 4.78 is 0. The number of rotatable bonds is 3. The predicted molar refractivity (Wildman–Crippen MR) is 65.2 cm³/mol. The standard InChI is InChI=1S/C13H18N2O/c1-8-7-11(14)5-6-12(8)13(16)15-9(2)10-3-4-10/h5-7,9-10H,3-4,14H2,1-2H3,(H,15,16). The number of amides is 1. The van der Waals surface area contributed by atoms with Crippen molar-refractivity contribution in [2.24, 2.45) is 5.92 Å². The number of nitrogens with one attached hydrogen (secondary N) is 1. The Morgan fingerprint density at radius 3 is 2.75 bits per heavy atom. The lowest BCUT2D eigenvalue weighted by Crippen LogP contribution is -2.34. The zero-order valence-corrected chi connectivity index (χ0v) is 9.79. The summed E-state index contributed by atoms with van der Waals surface area (Å²) in [4.78, 5) is 12.0. The Hall–Kier alpha value is -1.51. The van der Waals surface area contributed by atoms with E-state index in [2.05, 4.69) is 12.2 Å². The van der Waals surface area contributed by atoms with Crippen LogP contribution >= 0.6 is 0 Å². The van der Waals surface area contributed by atoms with Crippen molar-refractivity contribution in [1.82, 2.24) is 5.32 Å². The number of aryl methyl sites for hydroxylation is 1. The zero-order valence-electron chi connectivity index (χ0n) is 9.79. The number of hydrogen-bond donors (Lipinski definition) is 2. The summed E-state index contributed by atoms with van der Waals surface area (Å²) in [5, 5.41) is 3.04. The van der Waals surface area contributed by atoms with Crippen molar-refractivity contribution in [3.05, 3.63) is 29.3 Å². The van der Waals surface area contributed by atoms with Crippen LogP contribution in [0.15, 0.2) is 18.2 Å². The van der Waals surface area contributed by atoms with Gasteiger partial charge in [0, 0.05) is 17.3 Å². The highest BCUT2D eigenvalue weighted by molar-refractivity contribution is 5.96. The second-order valence-corrected chi connectivity index (χ2v) is 4.67. The number of hydrogen-bond acceptors (Lipinski definition) is 2. The fourth-order valence-electron chi connectivity index (χ4n) is 1.94. The minimum atomic E-state index is 0.0110. The van der Waals surface area contributed by atoms with Gasteiger partial charge >= 0.3 is 0 Å². The molecule has 1 fully saturated rings. The Morgan fingerprint density at radius 2 is 2.19 bits per heavy atom. The molecule has 0 spiro atoms. The van der Waals surface area contributed by atoms with Crippen LogP contribution in [0, 0.1) is 12.8 Å². The van der Waals surface area contributed by atoms with Gasteiger partial charge in [0.1, 0.15) is 0 Å². The van der Waals surface area contributed by atoms with E-state index in [0.717, 1.165) is 11.1 Å². The predicted octanol–water partition coefficient (Wildman–Crippen LogP) is 2.11. The molecule has 1 aliphatic rings. The summed E-state index contributed by atoms with van der Waals surface area (Å²) in [7, 11) is 0. The molecule has 2 rings (SSSR count). The minimum Gasteiger partial charge on any atom is -0.399 e. The Kier molecular flexibility index (Phi) is 2.86. The molecule has 1 unspecified atom stereocenters. The third kappa shape index (κ3) is 2.35. The quantitative estimate of drug-likeness (QED) is 0.763. The summed E-state index contributed by atoms with van der Waals surface area (Å²) in [6.45, 7) is 3.98. The maximum Gasteiger partial charge on any atom is 0.251 e. The first-order chi connectivity index (χ1) is 7.58. The van der Waals surface area contributed by atoms with E-state index < -0.39 is 0 Å². The third-order valence-electron chi connectivity index (χ3n) is 3.18. The van der Waals surface area contributed by atoms with Crippen molar-refractivity contribution >= 4 is 11.6 Å². The van der Waals surface area contributed by atoms with Crippen LogP contribution in [0.25, 0.3) is 0 Å². The Morgan fingerprint density at radius 1 is 1.50 bits per heavy atom. The molecular formula is C13H18N2O. The van der Waals surface area contributed by atoms with Crippen molar-refractivity contribution in [3.63, 3.8) is 0 Å². The van der Waals surface area contributed by atoms with Gasteiger partial charge < -0.3 is 11.1 Å². The van der Waals surface area contributed by atoms with Crippen molar-refractivity contribution in [3.8, 4) is 0 Å². The van der Waals surface area contributed by atoms with Crippen molar-refractivity contribution < 1.29 is 4.79 Å². The van der Waals surface area contributed by atoms with Gasteiger partial charge in [0.25, 0.3) is 5.91 Å². The molecule has 0 aliphatic heterocycles. The van der Waals surface area contributed by atoms with E-state index in [-0.39, 0.29) is 11.9 Å². The van der Waals surface area contributed by atoms with E-state index in [4.69, 9.17) is 5.73 Å². The van der Waals surface area contributed by atoms with Gasteiger partial charge in [0.15, 0.2) is 0 Å². The van der Waals surface area contributed by atoms with E-state index in [0.29, 0.717) is 11.6 Å². The van der Waals surface area contributed by atoms with Gasteiger partial charge in [-0.05, 0) is 56.4 Å². The van der Waals surface area contributed by atoms with Gasteiger partial charge in [-0.3, -0.25) is 4.79 Å². The highest BCUT2D eigenvalue weighted by Crippen LogP contribution is 2.32. The largest absolute Gasteiger partial charge is 0.399 e. The lowest BCUT2D eigenvalue weighted by Gasteiger charge is -2.14. The number of carbonyl (C=O) groups excluding carboxylic acids is 1. The molecule has 0 bridgehead atoms. The second-order valence-electron chi connectivity index (χ2n) is 4.67. The number of benzene rings is 1. The number of nitrogens with two attached hydrogens (primary N) is 1. The summed E-state index contributed by atoms with van der Waals surface area (Å²) >= 11 is 0. The molecule has 0 aromatic heterocycles. The maximum atomic E-state index is 12.0. The summed E-state index contributed by atoms with van der Waals surface area (Å²) in [6, 6.07) is 5.67. The molecule has 1 aliphatic carbocycles. The molecule has 1 atom stereocenters. The first kappa shape index (κ1) is 11.0. The molecule has 86 valence electrons. The van der Waals surface area contributed by atoms with Gasteiger partial charge in [-0.15, -0.1) is 0 Å². The monoisotopic (exact) mass is 218 g/mol. The normalized spacial score (nSPS) is 16.9. The van der Waals surface area contributed by atoms with Gasteiger partial charge in [-0.25, -0.2) is 0 Å². The third-order valence-corrected chi connectivity index (χ3v) is 3.18. The van der Waals surface area contributed by atoms with Gasteiger partial charge in [0.05, 0.1) is 0 Å². The first-order valence-corrected chi connectivity index (χ1v) is 5.75. The van der Waals surface area contributed by atoms with Crippen LogP contribution in [0.1, 0.15) is 35.7 Å². The molecule has 1 aromatic rings.